The SMILES string of the molecule is Cc1cccc(C(=O)N2CC[C@@]3(C2)C(=O)N(C)c2ccccc23)c1. The minimum Gasteiger partial charge on any atom is -0.337 e. The number of aryl methyl sites for hydroxylation is 1. The van der Waals surface area contributed by atoms with E-state index >= 15 is 0 Å². The van der Waals surface area contributed by atoms with E-state index in [2.05, 4.69) is 0 Å². The summed E-state index contributed by atoms with van der Waals surface area (Å²) in [5.74, 6) is 0.110. The van der Waals surface area contributed by atoms with Crippen LogP contribution in [0.5, 0.6) is 0 Å². The van der Waals surface area contributed by atoms with Crippen LogP contribution in [0.3, 0.4) is 0 Å². The van der Waals surface area contributed by atoms with Gasteiger partial charge in [0, 0.05) is 31.4 Å². The molecular weight excluding hydrogens is 300 g/mol. The maximum absolute atomic E-state index is 12.9. The van der Waals surface area contributed by atoms with Crippen molar-refractivity contribution >= 4 is 17.5 Å². The average molecular weight is 320 g/mol. The minimum absolute atomic E-state index is 0.00964. The van der Waals surface area contributed by atoms with Crippen molar-refractivity contribution < 1.29 is 9.59 Å². The van der Waals surface area contributed by atoms with Gasteiger partial charge in [0.2, 0.25) is 5.91 Å². The number of likely N-dealkylation sites (tertiary alicyclic amines) is 1. The van der Waals surface area contributed by atoms with Gasteiger partial charge >= 0.3 is 0 Å². The third-order valence-corrected chi connectivity index (χ3v) is 5.32. The molecule has 0 aliphatic carbocycles. The van der Waals surface area contributed by atoms with Crippen LogP contribution in [0, 0.1) is 6.92 Å². The van der Waals surface area contributed by atoms with Gasteiger partial charge in [-0.15, -0.1) is 0 Å². The first-order chi connectivity index (χ1) is 11.5. The Hall–Kier alpha value is -2.62. The molecule has 2 amide bonds. The summed E-state index contributed by atoms with van der Waals surface area (Å²) in [5.41, 5.74) is 3.20. The van der Waals surface area contributed by atoms with Crippen LogP contribution < -0.4 is 4.90 Å². The van der Waals surface area contributed by atoms with Crippen molar-refractivity contribution in [3.63, 3.8) is 0 Å². The Bertz CT molecular complexity index is 845. The van der Waals surface area contributed by atoms with Crippen LogP contribution in [0.2, 0.25) is 0 Å². The van der Waals surface area contributed by atoms with Crippen molar-refractivity contribution in [3.05, 3.63) is 65.2 Å². The molecule has 4 nitrogen and oxygen atoms in total. The van der Waals surface area contributed by atoms with Gasteiger partial charge in [-0.3, -0.25) is 9.59 Å². The summed E-state index contributed by atoms with van der Waals surface area (Å²) < 4.78 is 0. The molecule has 0 unspecified atom stereocenters. The summed E-state index contributed by atoms with van der Waals surface area (Å²) in [5, 5.41) is 0. The van der Waals surface area contributed by atoms with Gasteiger partial charge in [-0.25, -0.2) is 0 Å². The summed E-state index contributed by atoms with van der Waals surface area (Å²) in [4.78, 5) is 29.3. The largest absolute Gasteiger partial charge is 0.337 e. The normalized spacial score (nSPS) is 22.3. The average Bonchev–Trinajstić information content (AvgIpc) is 3.13. The lowest BCUT2D eigenvalue weighted by Crippen LogP contribution is -2.42. The standard InChI is InChI=1S/C20H20N2O2/c1-14-6-5-7-15(12-14)18(23)22-11-10-20(13-22)16-8-3-4-9-17(16)21(2)19(20)24/h3-9,12H,10-11,13H2,1-2H3/t20-/m0/s1. The predicted octanol–water partition coefficient (Wildman–Crippen LogP) is 2.76. The van der Waals surface area contributed by atoms with E-state index in [4.69, 9.17) is 0 Å². The van der Waals surface area contributed by atoms with Crippen LogP contribution in [0.25, 0.3) is 0 Å². The number of fused-ring (bicyclic) bond motifs is 2. The van der Waals surface area contributed by atoms with E-state index in [-0.39, 0.29) is 11.8 Å². The number of hydrogen-bond donors (Lipinski definition) is 0. The molecule has 24 heavy (non-hydrogen) atoms. The Morgan fingerprint density at radius 3 is 2.71 bits per heavy atom. The van der Waals surface area contributed by atoms with Gasteiger partial charge in [-0.05, 0) is 37.1 Å². The molecule has 2 aromatic carbocycles. The van der Waals surface area contributed by atoms with Crippen molar-refractivity contribution in [1.82, 2.24) is 4.90 Å². The zero-order valence-electron chi connectivity index (χ0n) is 14.0. The molecule has 2 heterocycles. The molecule has 4 heteroatoms. The monoisotopic (exact) mass is 320 g/mol. The summed E-state index contributed by atoms with van der Waals surface area (Å²) >= 11 is 0. The van der Waals surface area contributed by atoms with Crippen LogP contribution in [0.4, 0.5) is 5.69 Å². The first-order valence-corrected chi connectivity index (χ1v) is 8.26. The molecular formula is C20H20N2O2. The molecule has 0 saturated carbocycles. The second-order valence-corrected chi connectivity index (χ2v) is 6.81. The van der Waals surface area contributed by atoms with E-state index < -0.39 is 5.41 Å². The Kier molecular flexibility index (Phi) is 3.23. The number of hydrogen-bond acceptors (Lipinski definition) is 2. The van der Waals surface area contributed by atoms with Crippen molar-refractivity contribution in [3.8, 4) is 0 Å². The fourth-order valence-electron chi connectivity index (χ4n) is 4.05. The van der Waals surface area contributed by atoms with E-state index in [0.29, 0.717) is 25.1 Å². The van der Waals surface area contributed by atoms with Crippen molar-refractivity contribution in [2.75, 3.05) is 25.0 Å². The zero-order chi connectivity index (χ0) is 16.9. The van der Waals surface area contributed by atoms with Gasteiger partial charge < -0.3 is 9.80 Å². The lowest BCUT2D eigenvalue weighted by molar-refractivity contribution is -0.122. The molecule has 1 atom stereocenters. The number of nitrogens with zero attached hydrogens (tertiary/aromatic N) is 2. The molecule has 0 aromatic heterocycles. The van der Waals surface area contributed by atoms with Gasteiger partial charge in [-0.1, -0.05) is 35.9 Å². The molecule has 1 spiro atoms. The van der Waals surface area contributed by atoms with Gasteiger partial charge in [0.25, 0.3) is 5.91 Å². The molecule has 0 N–H and O–H groups in total. The summed E-state index contributed by atoms with van der Waals surface area (Å²) in [6.45, 7) is 3.05. The molecule has 2 aliphatic heterocycles. The highest BCUT2D eigenvalue weighted by Crippen LogP contribution is 2.46. The van der Waals surface area contributed by atoms with Crippen LogP contribution in [-0.4, -0.2) is 36.9 Å². The second-order valence-electron chi connectivity index (χ2n) is 6.81. The number of likely N-dealkylation sites (N-methyl/N-ethyl adjacent to an activating group) is 1. The Labute approximate surface area is 141 Å². The highest BCUT2D eigenvalue weighted by molar-refractivity contribution is 6.09. The fourth-order valence-corrected chi connectivity index (χ4v) is 4.05. The maximum atomic E-state index is 12.9. The lowest BCUT2D eigenvalue weighted by Gasteiger charge is -2.23. The number of amides is 2. The number of para-hydroxylation sites is 1. The number of rotatable bonds is 1. The molecule has 4 rings (SSSR count). The van der Waals surface area contributed by atoms with Gasteiger partial charge in [0.15, 0.2) is 0 Å². The smallest absolute Gasteiger partial charge is 0.253 e. The van der Waals surface area contributed by atoms with Crippen LogP contribution in [0.1, 0.15) is 27.9 Å². The van der Waals surface area contributed by atoms with E-state index in [9.17, 15) is 9.59 Å². The van der Waals surface area contributed by atoms with Crippen LogP contribution in [-0.2, 0) is 10.2 Å². The third kappa shape index (κ3) is 1.99. The number of carbonyl (C=O) groups is 2. The number of carbonyl (C=O) groups excluding carboxylic acids is 2. The summed E-state index contributed by atoms with van der Waals surface area (Å²) in [6.07, 6.45) is 0.685. The fraction of sp³-hybridized carbons (Fsp3) is 0.300. The van der Waals surface area contributed by atoms with Crippen LogP contribution >= 0.6 is 0 Å². The van der Waals surface area contributed by atoms with E-state index in [1.54, 1.807) is 4.90 Å². The van der Waals surface area contributed by atoms with Crippen molar-refractivity contribution in [2.45, 2.75) is 18.8 Å². The van der Waals surface area contributed by atoms with E-state index in [0.717, 1.165) is 16.8 Å². The maximum Gasteiger partial charge on any atom is 0.253 e. The predicted molar refractivity (Wildman–Crippen MR) is 93.2 cm³/mol. The van der Waals surface area contributed by atoms with E-state index in [1.165, 1.54) is 0 Å². The molecule has 0 radical (unpaired) electrons. The second kappa shape index (κ2) is 5.20. The Balaban J connectivity index is 1.67. The first-order valence-electron chi connectivity index (χ1n) is 8.26. The zero-order valence-corrected chi connectivity index (χ0v) is 14.0. The van der Waals surface area contributed by atoms with Crippen LogP contribution in [0.15, 0.2) is 48.5 Å². The van der Waals surface area contributed by atoms with Gasteiger partial charge in [-0.2, -0.15) is 0 Å². The Morgan fingerprint density at radius 2 is 1.92 bits per heavy atom. The summed E-state index contributed by atoms with van der Waals surface area (Å²) in [6, 6.07) is 15.6. The van der Waals surface area contributed by atoms with E-state index in [1.807, 2.05) is 67.4 Å². The number of anilines is 1. The lowest BCUT2D eigenvalue weighted by atomic mass is 9.81. The molecule has 0 bridgehead atoms. The topological polar surface area (TPSA) is 40.6 Å². The highest BCUT2D eigenvalue weighted by atomic mass is 16.2. The van der Waals surface area contributed by atoms with Crippen molar-refractivity contribution in [2.24, 2.45) is 0 Å². The molecule has 122 valence electrons. The molecule has 1 fully saturated rings. The first kappa shape index (κ1) is 14.9. The van der Waals surface area contributed by atoms with Gasteiger partial charge in [0.05, 0.1) is 5.41 Å². The number of benzene rings is 2. The van der Waals surface area contributed by atoms with Gasteiger partial charge in [0.1, 0.15) is 0 Å². The minimum atomic E-state index is -0.579. The third-order valence-electron chi connectivity index (χ3n) is 5.32. The molecule has 1 saturated heterocycles. The van der Waals surface area contributed by atoms with Crippen molar-refractivity contribution in [1.29, 1.82) is 0 Å². The molecule has 2 aromatic rings. The Morgan fingerprint density at radius 1 is 1.12 bits per heavy atom. The molecule has 2 aliphatic rings. The quantitative estimate of drug-likeness (QED) is 0.811. The summed E-state index contributed by atoms with van der Waals surface area (Å²) in [7, 11) is 1.82. The highest BCUT2D eigenvalue weighted by Gasteiger charge is 2.54.